The second-order valence-corrected chi connectivity index (χ2v) is 8.61. The van der Waals surface area contributed by atoms with Gasteiger partial charge in [0, 0.05) is 17.8 Å². The molecular formula is C24H19F3N6. The van der Waals surface area contributed by atoms with Crippen molar-refractivity contribution in [2.75, 3.05) is 11.4 Å². The van der Waals surface area contributed by atoms with E-state index in [9.17, 15) is 13.2 Å². The van der Waals surface area contributed by atoms with Crippen molar-refractivity contribution in [3.63, 3.8) is 0 Å². The Morgan fingerprint density at radius 3 is 2.82 bits per heavy atom. The molecule has 4 heterocycles. The van der Waals surface area contributed by atoms with Gasteiger partial charge in [-0.3, -0.25) is 0 Å². The van der Waals surface area contributed by atoms with Crippen molar-refractivity contribution in [3.05, 3.63) is 53.2 Å². The molecule has 1 aliphatic carbocycles. The number of alkyl halides is 2. The van der Waals surface area contributed by atoms with E-state index in [2.05, 4.69) is 27.0 Å². The third-order valence-corrected chi connectivity index (χ3v) is 6.46. The van der Waals surface area contributed by atoms with Crippen LogP contribution >= 0.6 is 0 Å². The van der Waals surface area contributed by atoms with Crippen molar-refractivity contribution in [3.8, 4) is 11.8 Å². The van der Waals surface area contributed by atoms with Crippen LogP contribution in [-0.4, -0.2) is 37.5 Å². The molecule has 0 atom stereocenters. The lowest BCUT2D eigenvalue weighted by molar-refractivity contribution is 0.0921. The maximum absolute atomic E-state index is 14.2. The molecule has 9 heteroatoms. The quantitative estimate of drug-likeness (QED) is 0.420. The minimum absolute atomic E-state index is 0.379. The minimum atomic E-state index is -2.43. The van der Waals surface area contributed by atoms with E-state index >= 15 is 0 Å². The van der Waals surface area contributed by atoms with Gasteiger partial charge in [-0.05, 0) is 56.4 Å². The standard InChI is InChI=1S/C24H19F3N6/c1-14-30-31-23-29-21(18-12-16(25)13-28-20(18)33(14)23)32-11-3-5-17-15(4-2-6-19(17)32)7-8-24(9-10-24)22(26)27/h2,4,6,12-13,22H,3,5,9-11H2,1H3. The first-order chi connectivity index (χ1) is 16.0. The lowest BCUT2D eigenvalue weighted by Gasteiger charge is -2.31. The van der Waals surface area contributed by atoms with Crippen LogP contribution in [0.25, 0.3) is 16.8 Å². The first-order valence-electron chi connectivity index (χ1n) is 10.8. The van der Waals surface area contributed by atoms with Gasteiger partial charge in [0.15, 0.2) is 5.65 Å². The van der Waals surface area contributed by atoms with Crippen molar-refractivity contribution in [1.29, 1.82) is 0 Å². The van der Waals surface area contributed by atoms with E-state index in [0.29, 0.717) is 47.8 Å². The molecule has 0 N–H and O–H groups in total. The Hall–Kier alpha value is -3.67. The number of fused-ring (bicyclic) bond motifs is 4. The fourth-order valence-electron chi connectivity index (χ4n) is 4.49. The number of aryl methyl sites for hydroxylation is 1. The van der Waals surface area contributed by atoms with Crippen LogP contribution < -0.4 is 4.90 Å². The zero-order chi connectivity index (χ0) is 22.7. The van der Waals surface area contributed by atoms with Gasteiger partial charge >= 0.3 is 0 Å². The van der Waals surface area contributed by atoms with Crippen LogP contribution in [0, 0.1) is 30.0 Å². The van der Waals surface area contributed by atoms with Gasteiger partial charge in [-0.25, -0.2) is 22.6 Å². The van der Waals surface area contributed by atoms with Crippen molar-refractivity contribution in [2.45, 2.75) is 39.0 Å². The van der Waals surface area contributed by atoms with Gasteiger partial charge in [0.1, 0.15) is 17.5 Å². The van der Waals surface area contributed by atoms with Crippen LogP contribution in [0.1, 0.15) is 36.2 Å². The van der Waals surface area contributed by atoms with Gasteiger partial charge in [-0.15, -0.1) is 10.2 Å². The molecule has 0 amide bonds. The molecule has 2 aliphatic rings. The summed E-state index contributed by atoms with van der Waals surface area (Å²) in [6.45, 7) is 2.45. The Balaban J connectivity index is 1.52. The SMILES string of the molecule is Cc1nnc2nc(N3CCCc4c(C#CC5(C(F)F)CC5)cccc43)c3cc(F)cnc3n12. The number of nitrogens with zero attached hydrogens (tertiary/aromatic N) is 6. The molecule has 0 unspecified atom stereocenters. The summed E-state index contributed by atoms with van der Waals surface area (Å²) in [7, 11) is 0. The fraction of sp³-hybridized carbons (Fsp3) is 0.333. The lowest BCUT2D eigenvalue weighted by atomic mass is 9.95. The van der Waals surface area contributed by atoms with E-state index in [0.717, 1.165) is 29.7 Å². The van der Waals surface area contributed by atoms with Crippen molar-refractivity contribution in [1.82, 2.24) is 24.6 Å². The fourth-order valence-corrected chi connectivity index (χ4v) is 4.49. The highest BCUT2D eigenvalue weighted by atomic mass is 19.3. The highest BCUT2D eigenvalue weighted by Gasteiger charge is 2.50. The third-order valence-electron chi connectivity index (χ3n) is 6.46. The molecule has 0 radical (unpaired) electrons. The van der Waals surface area contributed by atoms with E-state index in [1.165, 1.54) is 12.3 Å². The number of anilines is 2. The summed E-state index contributed by atoms with van der Waals surface area (Å²) in [5, 5.41) is 8.79. The molecule has 6 nitrogen and oxygen atoms in total. The van der Waals surface area contributed by atoms with Crippen LogP contribution in [-0.2, 0) is 6.42 Å². The van der Waals surface area contributed by atoms with Crippen LogP contribution in [0.15, 0.2) is 30.5 Å². The van der Waals surface area contributed by atoms with Crippen molar-refractivity contribution < 1.29 is 13.2 Å². The summed E-state index contributed by atoms with van der Waals surface area (Å²) in [6, 6.07) is 7.11. The van der Waals surface area contributed by atoms with E-state index < -0.39 is 17.7 Å². The van der Waals surface area contributed by atoms with Gasteiger partial charge in [-0.1, -0.05) is 17.9 Å². The number of benzene rings is 1. The number of halogens is 3. The van der Waals surface area contributed by atoms with Gasteiger partial charge in [0.25, 0.3) is 12.2 Å². The second-order valence-electron chi connectivity index (χ2n) is 8.61. The highest BCUT2D eigenvalue weighted by molar-refractivity contribution is 5.92. The molecular weight excluding hydrogens is 429 g/mol. The molecule has 4 aromatic rings. The number of pyridine rings is 1. The molecule has 1 fully saturated rings. The number of hydrogen-bond donors (Lipinski definition) is 0. The van der Waals surface area contributed by atoms with Crippen molar-refractivity contribution in [2.24, 2.45) is 5.41 Å². The lowest BCUT2D eigenvalue weighted by Crippen LogP contribution is -2.26. The molecule has 33 heavy (non-hydrogen) atoms. The zero-order valence-corrected chi connectivity index (χ0v) is 17.8. The molecule has 3 aromatic heterocycles. The summed E-state index contributed by atoms with van der Waals surface area (Å²) in [4.78, 5) is 11.0. The van der Waals surface area contributed by atoms with Gasteiger partial charge in [0.05, 0.1) is 17.0 Å². The molecule has 6 rings (SSSR count). The predicted molar refractivity (Wildman–Crippen MR) is 117 cm³/mol. The molecule has 1 aliphatic heterocycles. The number of hydrogen-bond acceptors (Lipinski definition) is 5. The van der Waals surface area contributed by atoms with Crippen LogP contribution in [0.3, 0.4) is 0 Å². The Bertz CT molecular complexity index is 1480. The molecule has 0 saturated heterocycles. The van der Waals surface area contributed by atoms with E-state index in [1.54, 1.807) is 11.3 Å². The Morgan fingerprint density at radius 2 is 2.03 bits per heavy atom. The largest absolute Gasteiger partial charge is 0.325 e. The van der Waals surface area contributed by atoms with E-state index in [4.69, 9.17) is 4.98 Å². The molecule has 1 saturated carbocycles. The van der Waals surface area contributed by atoms with Crippen LogP contribution in [0.2, 0.25) is 0 Å². The average molecular weight is 448 g/mol. The molecule has 166 valence electrons. The summed E-state index contributed by atoms with van der Waals surface area (Å²) >= 11 is 0. The molecule has 1 aromatic carbocycles. The Labute approximate surface area is 187 Å². The maximum atomic E-state index is 14.2. The summed E-state index contributed by atoms with van der Waals surface area (Å²) < 4.78 is 42.6. The maximum Gasteiger partial charge on any atom is 0.258 e. The smallest absolute Gasteiger partial charge is 0.258 e. The summed E-state index contributed by atoms with van der Waals surface area (Å²) in [6.07, 6.45) is 1.19. The number of aromatic nitrogens is 5. The normalized spacial score (nSPS) is 16.7. The van der Waals surface area contributed by atoms with Gasteiger partial charge in [-0.2, -0.15) is 4.98 Å². The molecule has 0 spiro atoms. The molecule has 0 bridgehead atoms. The zero-order valence-electron chi connectivity index (χ0n) is 17.8. The predicted octanol–water partition coefficient (Wildman–Crippen LogP) is 4.60. The van der Waals surface area contributed by atoms with Gasteiger partial charge < -0.3 is 4.90 Å². The van der Waals surface area contributed by atoms with Gasteiger partial charge in [0.2, 0.25) is 0 Å². The van der Waals surface area contributed by atoms with Crippen molar-refractivity contribution >= 4 is 28.3 Å². The summed E-state index contributed by atoms with van der Waals surface area (Å²) in [5.74, 6) is 6.93. The third kappa shape index (κ3) is 3.12. The minimum Gasteiger partial charge on any atom is -0.325 e. The number of rotatable bonds is 2. The second kappa shape index (κ2) is 7.17. The van der Waals surface area contributed by atoms with Crippen LogP contribution in [0.5, 0.6) is 0 Å². The van der Waals surface area contributed by atoms with E-state index in [-0.39, 0.29) is 0 Å². The van der Waals surface area contributed by atoms with Crippen LogP contribution in [0.4, 0.5) is 24.7 Å². The Morgan fingerprint density at radius 1 is 1.18 bits per heavy atom. The first-order valence-corrected chi connectivity index (χ1v) is 10.8. The average Bonchev–Trinajstić information content (AvgIpc) is 3.53. The Kier molecular flexibility index (Phi) is 4.34. The van der Waals surface area contributed by atoms with E-state index in [1.807, 2.05) is 23.1 Å². The highest BCUT2D eigenvalue weighted by Crippen LogP contribution is 2.50. The topological polar surface area (TPSA) is 59.2 Å². The first kappa shape index (κ1) is 20.0. The monoisotopic (exact) mass is 448 g/mol. The summed E-state index contributed by atoms with van der Waals surface area (Å²) in [5.41, 5.74) is 1.98.